The van der Waals surface area contributed by atoms with Crippen LogP contribution in [0.2, 0.25) is 15.2 Å². The van der Waals surface area contributed by atoms with Crippen molar-refractivity contribution >= 4 is 47.0 Å². The highest BCUT2D eigenvalue weighted by Gasteiger charge is 2.13. The lowest BCUT2D eigenvalue weighted by atomic mass is 10.2. The van der Waals surface area contributed by atoms with E-state index in [9.17, 15) is 0 Å². The van der Waals surface area contributed by atoms with Gasteiger partial charge in [-0.15, -0.1) is 5.10 Å². The van der Waals surface area contributed by atoms with Crippen molar-refractivity contribution in [1.29, 1.82) is 0 Å². The van der Waals surface area contributed by atoms with E-state index in [4.69, 9.17) is 46.3 Å². The van der Waals surface area contributed by atoms with Crippen LogP contribution in [0.1, 0.15) is 16.8 Å². The molecule has 2 rings (SSSR count). The number of halogens is 3. The number of hydrogen-bond donors (Lipinski definition) is 2. The number of rotatable bonds is 4. The van der Waals surface area contributed by atoms with E-state index in [0.717, 1.165) is 5.56 Å². The van der Waals surface area contributed by atoms with Crippen molar-refractivity contribution < 1.29 is 0 Å². The normalized spacial score (nSPS) is 11.1. The second-order valence-electron chi connectivity index (χ2n) is 4.45. The van der Waals surface area contributed by atoms with Gasteiger partial charge in [0, 0.05) is 10.0 Å². The molecule has 6 nitrogen and oxygen atoms in total. The van der Waals surface area contributed by atoms with E-state index in [1.165, 1.54) is 6.21 Å². The van der Waals surface area contributed by atoms with Crippen molar-refractivity contribution in [3.05, 3.63) is 50.2 Å². The Morgan fingerprint density at radius 1 is 1.32 bits per heavy atom. The van der Waals surface area contributed by atoms with Crippen molar-refractivity contribution in [3.8, 4) is 0 Å². The molecule has 1 aromatic carbocycles. The topological polar surface area (TPSA) is 94.6 Å². The number of nitrogens with zero attached hydrogens (tertiary/aromatic N) is 4. The molecule has 1 heterocycles. The van der Waals surface area contributed by atoms with Crippen LogP contribution in [0, 0.1) is 6.92 Å². The van der Waals surface area contributed by atoms with Crippen LogP contribution in [-0.4, -0.2) is 22.0 Å². The fourth-order valence-electron chi connectivity index (χ4n) is 1.78. The van der Waals surface area contributed by atoms with E-state index in [0.29, 0.717) is 33.0 Å². The minimum atomic E-state index is -0.134. The maximum absolute atomic E-state index is 6.31. The Hall–Kier alpha value is -1.76. The van der Waals surface area contributed by atoms with Gasteiger partial charge < -0.3 is 11.5 Å². The van der Waals surface area contributed by atoms with Gasteiger partial charge in [0.25, 0.3) is 0 Å². The highest BCUT2D eigenvalue weighted by atomic mass is 35.5. The lowest BCUT2D eigenvalue weighted by molar-refractivity contribution is 0.680. The van der Waals surface area contributed by atoms with Crippen LogP contribution in [0.5, 0.6) is 0 Å². The van der Waals surface area contributed by atoms with Gasteiger partial charge in [0.05, 0.1) is 24.0 Å². The Morgan fingerprint density at radius 2 is 2.05 bits per heavy atom. The van der Waals surface area contributed by atoms with Gasteiger partial charge in [-0.05, 0) is 24.6 Å². The van der Waals surface area contributed by atoms with E-state index in [-0.39, 0.29) is 5.96 Å². The summed E-state index contributed by atoms with van der Waals surface area (Å²) < 4.78 is 1.61. The Labute approximate surface area is 142 Å². The van der Waals surface area contributed by atoms with E-state index in [1.807, 2.05) is 13.0 Å². The molecule has 0 aliphatic carbocycles. The van der Waals surface area contributed by atoms with Gasteiger partial charge in [-0.2, -0.15) is 10.2 Å². The number of hydrogen-bond acceptors (Lipinski definition) is 3. The van der Waals surface area contributed by atoms with Gasteiger partial charge in [0.2, 0.25) is 5.96 Å². The number of aromatic nitrogens is 2. The van der Waals surface area contributed by atoms with Crippen LogP contribution >= 0.6 is 34.8 Å². The van der Waals surface area contributed by atoms with Crippen molar-refractivity contribution in [3.63, 3.8) is 0 Å². The zero-order valence-corrected chi connectivity index (χ0v) is 13.9. The summed E-state index contributed by atoms with van der Waals surface area (Å²) in [5.74, 6) is -0.134. The third-order valence-corrected chi connectivity index (χ3v) is 3.79. The van der Waals surface area contributed by atoms with Crippen LogP contribution in [-0.2, 0) is 6.54 Å². The smallest absolute Gasteiger partial charge is 0.211 e. The lowest BCUT2D eigenvalue weighted by Crippen LogP contribution is -2.21. The Balaban J connectivity index is 2.30. The summed E-state index contributed by atoms with van der Waals surface area (Å²) in [6, 6.07) is 5.25. The zero-order chi connectivity index (χ0) is 16.3. The van der Waals surface area contributed by atoms with E-state index < -0.39 is 0 Å². The van der Waals surface area contributed by atoms with Crippen LogP contribution in [0.3, 0.4) is 0 Å². The number of aryl methyl sites for hydroxylation is 1. The summed E-state index contributed by atoms with van der Waals surface area (Å²) in [7, 11) is 0. The fourth-order valence-corrected chi connectivity index (χ4v) is 2.53. The van der Waals surface area contributed by atoms with Crippen LogP contribution < -0.4 is 11.5 Å². The standard InChI is InChI=1S/C13H13Cl3N6/c1-7-10(5-19-20-13(17)18)12(16)22(21-7)6-8-2-3-9(14)4-11(8)15/h2-5H,6H2,1H3,(H4,17,18,20)/b19-5+. The molecule has 0 aliphatic rings. The second kappa shape index (κ2) is 7.00. The average Bonchev–Trinajstić information content (AvgIpc) is 2.69. The van der Waals surface area contributed by atoms with Gasteiger partial charge in [0.1, 0.15) is 5.15 Å². The highest BCUT2D eigenvalue weighted by molar-refractivity contribution is 6.35. The van der Waals surface area contributed by atoms with E-state index in [2.05, 4.69) is 15.3 Å². The summed E-state index contributed by atoms with van der Waals surface area (Å²) in [5.41, 5.74) is 12.6. The van der Waals surface area contributed by atoms with Gasteiger partial charge >= 0.3 is 0 Å². The summed E-state index contributed by atoms with van der Waals surface area (Å²) >= 11 is 18.3. The molecule has 2 aromatic rings. The van der Waals surface area contributed by atoms with Crippen molar-refractivity contribution in [2.24, 2.45) is 21.7 Å². The van der Waals surface area contributed by atoms with Crippen molar-refractivity contribution in [1.82, 2.24) is 9.78 Å². The molecular formula is C13H13Cl3N6. The molecule has 4 N–H and O–H groups in total. The highest BCUT2D eigenvalue weighted by Crippen LogP contribution is 2.24. The molecule has 1 aromatic heterocycles. The minimum Gasteiger partial charge on any atom is -0.369 e. The van der Waals surface area contributed by atoms with Crippen LogP contribution in [0.15, 0.2) is 28.4 Å². The largest absolute Gasteiger partial charge is 0.369 e. The maximum atomic E-state index is 6.31. The third kappa shape index (κ3) is 3.91. The van der Waals surface area contributed by atoms with Gasteiger partial charge in [-0.3, -0.25) is 0 Å². The Kier molecular flexibility index (Phi) is 5.28. The average molecular weight is 360 g/mol. The first-order valence-electron chi connectivity index (χ1n) is 6.17. The Bertz CT molecular complexity index is 746. The predicted octanol–water partition coefficient (Wildman–Crippen LogP) is 2.81. The number of benzene rings is 1. The first-order valence-corrected chi connectivity index (χ1v) is 7.30. The van der Waals surface area contributed by atoms with Gasteiger partial charge in [-0.25, -0.2) is 4.68 Å². The number of nitrogens with two attached hydrogens (primary N) is 2. The molecule has 22 heavy (non-hydrogen) atoms. The third-order valence-electron chi connectivity index (χ3n) is 2.80. The molecule has 0 radical (unpaired) electrons. The second-order valence-corrected chi connectivity index (χ2v) is 5.65. The first-order chi connectivity index (χ1) is 10.4. The van der Waals surface area contributed by atoms with Crippen LogP contribution in [0.4, 0.5) is 0 Å². The molecule has 0 fully saturated rings. The molecule has 0 spiro atoms. The Morgan fingerprint density at radius 3 is 2.68 bits per heavy atom. The SMILES string of the molecule is Cc1nn(Cc2ccc(Cl)cc2Cl)c(Cl)c1/C=N/N=C(N)N. The maximum Gasteiger partial charge on any atom is 0.211 e. The fraction of sp³-hybridized carbons (Fsp3) is 0.154. The molecule has 0 atom stereocenters. The van der Waals surface area contributed by atoms with Gasteiger partial charge in [-0.1, -0.05) is 40.9 Å². The summed E-state index contributed by atoms with van der Waals surface area (Å²) in [6.45, 7) is 2.22. The summed E-state index contributed by atoms with van der Waals surface area (Å²) in [6.07, 6.45) is 1.45. The molecule has 0 amide bonds. The number of guanidine groups is 1. The van der Waals surface area contributed by atoms with Crippen LogP contribution in [0.25, 0.3) is 0 Å². The van der Waals surface area contributed by atoms with Crippen molar-refractivity contribution in [2.45, 2.75) is 13.5 Å². The van der Waals surface area contributed by atoms with E-state index >= 15 is 0 Å². The predicted molar refractivity (Wildman–Crippen MR) is 90.9 cm³/mol. The lowest BCUT2D eigenvalue weighted by Gasteiger charge is -2.06. The zero-order valence-electron chi connectivity index (χ0n) is 11.6. The first kappa shape index (κ1) is 16.6. The molecule has 0 unspecified atom stereocenters. The molecule has 0 aliphatic heterocycles. The molecular weight excluding hydrogens is 347 g/mol. The van der Waals surface area contributed by atoms with Gasteiger partial charge in [0.15, 0.2) is 0 Å². The quantitative estimate of drug-likeness (QED) is 0.499. The molecule has 0 saturated heterocycles. The minimum absolute atomic E-state index is 0.134. The monoisotopic (exact) mass is 358 g/mol. The van der Waals surface area contributed by atoms with E-state index in [1.54, 1.807) is 16.8 Å². The summed E-state index contributed by atoms with van der Waals surface area (Å²) in [5, 5.41) is 13.2. The van der Waals surface area contributed by atoms with Crippen molar-refractivity contribution in [2.75, 3.05) is 0 Å². The molecule has 116 valence electrons. The molecule has 9 heteroatoms. The summed E-state index contributed by atoms with van der Waals surface area (Å²) in [4.78, 5) is 0. The molecule has 0 saturated carbocycles. The molecule has 0 bridgehead atoms.